The molecule has 1 N–H and O–H groups in total. The van der Waals surface area contributed by atoms with Gasteiger partial charge in [-0.1, -0.05) is 22.4 Å². The summed E-state index contributed by atoms with van der Waals surface area (Å²) < 4.78 is 9.54. The van der Waals surface area contributed by atoms with Gasteiger partial charge in [0.15, 0.2) is 17.8 Å². The minimum absolute atomic E-state index is 0.139. The number of aromatic nitrogens is 4. The van der Waals surface area contributed by atoms with Crippen LogP contribution in [0.2, 0.25) is 0 Å². The van der Waals surface area contributed by atoms with Gasteiger partial charge in [-0.15, -0.1) is 0 Å². The zero-order valence-corrected chi connectivity index (χ0v) is 13.5. The van der Waals surface area contributed by atoms with E-state index in [1.807, 2.05) is 30.3 Å². The van der Waals surface area contributed by atoms with Crippen LogP contribution in [0.4, 0.5) is 0 Å². The molecule has 0 fully saturated rings. The molecule has 0 aromatic carbocycles. The second-order valence-corrected chi connectivity index (χ2v) is 5.00. The molecule has 0 saturated carbocycles. The molecule has 0 saturated heterocycles. The van der Waals surface area contributed by atoms with E-state index in [-0.39, 0.29) is 12.4 Å². The van der Waals surface area contributed by atoms with Crippen molar-refractivity contribution in [2.45, 2.75) is 6.61 Å². The monoisotopic (exact) mass is 350 g/mol. The normalized spacial score (nSPS) is 10.0. The average molecular weight is 350 g/mol. The molecule has 4 aromatic rings. The van der Waals surface area contributed by atoms with Crippen molar-refractivity contribution in [3.8, 4) is 22.8 Å². The summed E-state index contributed by atoms with van der Waals surface area (Å²) >= 11 is 0. The highest BCUT2D eigenvalue weighted by molar-refractivity contribution is 5.73. The van der Waals surface area contributed by atoms with E-state index in [4.69, 9.17) is 14.2 Å². The van der Waals surface area contributed by atoms with Gasteiger partial charge in [0, 0.05) is 24.5 Å². The Bertz CT molecular complexity index is 952. The summed E-state index contributed by atoms with van der Waals surface area (Å²) in [7, 11) is 0. The fourth-order valence-corrected chi connectivity index (χ4v) is 2.00. The van der Waals surface area contributed by atoms with Crippen LogP contribution in [0.1, 0.15) is 16.3 Å². The van der Waals surface area contributed by atoms with E-state index in [2.05, 4.69) is 20.3 Å². The Hall–Kier alpha value is -3.65. The number of rotatable bonds is 4. The molecule has 8 heteroatoms. The molecule has 0 unspecified atom stereocenters. The Morgan fingerprint density at radius 1 is 0.846 bits per heavy atom. The lowest BCUT2D eigenvalue weighted by atomic mass is 10.2. The molecule has 0 bridgehead atoms. The first-order valence-corrected chi connectivity index (χ1v) is 7.61. The summed E-state index contributed by atoms with van der Waals surface area (Å²) in [6.07, 6.45) is 3.95. The number of carbonyl (C=O) groups excluding carboxylic acids is 1. The number of aldehydes is 1. The highest BCUT2D eigenvalue weighted by Gasteiger charge is 2.06. The minimum atomic E-state index is -0.139. The molecule has 0 spiro atoms. The molecule has 0 aliphatic heterocycles. The molecule has 0 atom stereocenters. The molecule has 4 rings (SSSR count). The second-order valence-electron chi connectivity index (χ2n) is 5.00. The first-order valence-electron chi connectivity index (χ1n) is 7.61. The van der Waals surface area contributed by atoms with Crippen LogP contribution in [0, 0.1) is 0 Å². The lowest BCUT2D eigenvalue weighted by molar-refractivity contribution is 0.109. The fraction of sp³-hybridized carbons (Fsp3) is 0.0556. The van der Waals surface area contributed by atoms with Gasteiger partial charge in [0.1, 0.15) is 18.0 Å². The number of hydrogen-bond donors (Lipinski definition) is 1. The predicted octanol–water partition coefficient (Wildman–Crippen LogP) is 2.78. The third-order valence-corrected chi connectivity index (χ3v) is 3.21. The number of carbonyl (C=O) groups is 1. The van der Waals surface area contributed by atoms with E-state index in [9.17, 15) is 4.79 Å². The van der Waals surface area contributed by atoms with Crippen molar-refractivity contribution in [1.82, 2.24) is 20.3 Å². The van der Waals surface area contributed by atoms with Crippen LogP contribution in [0.15, 0.2) is 70.0 Å². The van der Waals surface area contributed by atoms with E-state index in [0.29, 0.717) is 29.1 Å². The van der Waals surface area contributed by atoms with Gasteiger partial charge in [-0.2, -0.15) is 0 Å². The maximum Gasteiger partial charge on any atom is 0.199 e. The van der Waals surface area contributed by atoms with E-state index >= 15 is 0 Å². The lowest BCUT2D eigenvalue weighted by Crippen LogP contribution is -1.80. The topological polar surface area (TPSA) is 115 Å². The summed E-state index contributed by atoms with van der Waals surface area (Å²) in [6.45, 7) is -0.139. The molecule has 130 valence electrons. The van der Waals surface area contributed by atoms with E-state index in [1.54, 1.807) is 30.6 Å². The first-order chi connectivity index (χ1) is 12.8. The van der Waals surface area contributed by atoms with Crippen LogP contribution in [-0.4, -0.2) is 31.7 Å². The van der Waals surface area contributed by atoms with Crippen molar-refractivity contribution in [2.24, 2.45) is 0 Å². The summed E-state index contributed by atoms with van der Waals surface area (Å²) in [6, 6.07) is 14.2. The van der Waals surface area contributed by atoms with Crippen LogP contribution in [0.25, 0.3) is 22.8 Å². The molecule has 4 aromatic heterocycles. The smallest absolute Gasteiger partial charge is 0.199 e. The standard InChI is InChI=1S/C9H8N2O2.C9H6N2O2/c2*12-6-7-5-9(11-13-7)8-3-1-2-4-10-8/h1-5,12H,6H2;1-6H. The Morgan fingerprint density at radius 3 is 1.92 bits per heavy atom. The van der Waals surface area contributed by atoms with Crippen LogP contribution >= 0.6 is 0 Å². The number of hydrogen-bond acceptors (Lipinski definition) is 8. The summed E-state index contributed by atoms with van der Waals surface area (Å²) in [4.78, 5) is 18.4. The van der Waals surface area contributed by atoms with Crippen molar-refractivity contribution in [1.29, 1.82) is 0 Å². The number of nitrogens with zero attached hydrogens (tertiary/aromatic N) is 4. The first kappa shape index (κ1) is 17.2. The lowest BCUT2D eigenvalue weighted by Gasteiger charge is -1.90. The SMILES string of the molecule is O=Cc1cc(-c2ccccn2)no1.OCc1cc(-c2ccccn2)no1. The van der Waals surface area contributed by atoms with Crippen LogP contribution < -0.4 is 0 Å². The quantitative estimate of drug-likeness (QED) is 0.559. The second kappa shape index (κ2) is 8.45. The maximum absolute atomic E-state index is 10.3. The molecule has 0 amide bonds. The fourth-order valence-electron chi connectivity index (χ4n) is 2.00. The van der Waals surface area contributed by atoms with Crippen LogP contribution in [0.3, 0.4) is 0 Å². The molecular formula is C18H14N4O4. The highest BCUT2D eigenvalue weighted by atomic mass is 16.5. The highest BCUT2D eigenvalue weighted by Crippen LogP contribution is 2.16. The molecule has 0 radical (unpaired) electrons. The largest absolute Gasteiger partial charge is 0.388 e. The van der Waals surface area contributed by atoms with Gasteiger partial charge < -0.3 is 14.2 Å². The molecular weight excluding hydrogens is 336 g/mol. The number of aliphatic hydroxyl groups excluding tert-OH is 1. The van der Waals surface area contributed by atoms with Gasteiger partial charge >= 0.3 is 0 Å². The summed E-state index contributed by atoms with van der Waals surface area (Å²) in [5.41, 5.74) is 2.65. The zero-order chi connectivity index (χ0) is 18.2. The van der Waals surface area contributed by atoms with Crippen molar-refractivity contribution in [3.05, 3.63) is 72.4 Å². The van der Waals surface area contributed by atoms with Gasteiger partial charge in [-0.3, -0.25) is 14.8 Å². The Labute approximate surface area is 148 Å². The predicted molar refractivity (Wildman–Crippen MR) is 90.8 cm³/mol. The third-order valence-electron chi connectivity index (χ3n) is 3.21. The average Bonchev–Trinajstić information content (AvgIpc) is 3.39. The molecule has 8 nitrogen and oxygen atoms in total. The zero-order valence-electron chi connectivity index (χ0n) is 13.5. The molecule has 4 heterocycles. The Balaban J connectivity index is 0.000000151. The number of pyridine rings is 2. The van der Waals surface area contributed by atoms with E-state index in [1.165, 1.54) is 0 Å². The van der Waals surface area contributed by atoms with Gasteiger partial charge in [0.2, 0.25) is 0 Å². The van der Waals surface area contributed by atoms with Gasteiger partial charge in [-0.05, 0) is 24.3 Å². The van der Waals surface area contributed by atoms with Crippen LogP contribution in [0.5, 0.6) is 0 Å². The van der Waals surface area contributed by atoms with Gasteiger partial charge in [-0.25, -0.2) is 0 Å². The van der Waals surface area contributed by atoms with Gasteiger partial charge in [0.05, 0.1) is 11.4 Å². The van der Waals surface area contributed by atoms with E-state index < -0.39 is 0 Å². The number of aliphatic hydroxyl groups is 1. The van der Waals surface area contributed by atoms with Crippen molar-refractivity contribution < 1.29 is 18.9 Å². The minimum Gasteiger partial charge on any atom is -0.388 e. The summed E-state index contributed by atoms with van der Waals surface area (Å²) in [5.74, 6) is 0.654. The van der Waals surface area contributed by atoms with Crippen molar-refractivity contribution in [2.75, 3.05) is 0 Å². The third kappa shape index (κ3) is 4.25. The summed E-state index contributed by atoms with van der Waals surface area (Å²) in [5, 5.41) is 16.2. The van der Waals surface area contributed by atoms with E-state index in [0.717, 1.165) is 5.69 Å². The van der Waals surface area contributed by atoms with Gasteiger partial charge in [0.25, 0.3) is 0 Å². The Morgan fingerprint density at radius 2 is 1.46 bits per heavy atom. The van der Waals surface area contributed by atoms with Crippen molar-refractivity contribution >= 4 is 6.29 Å². The molecule has 0 aliphatic carbocycles. The van der Waals surface area contributed by atoms with Crippen molar-refractivity contribution in [3.63, 3.8) is 0 Å². The van der Waals surface area contributed by atoms with Crippen LogP contribution in [-0.2, 0) is 6.61 Å². The Kier molecular flexibility index (Phi) is 5.58. The maximum atomic E-state index is 10.3. The molecule has 26 heavy (non-hydrogen) atoms. The molecule has 0 aliphatic rings.